The molecule has 0 aromatic carbocycles. The number of amides is 1. The average molecular weight is 379 g/mol. The van der Waals surface area contributed by atoms with E-state index in [1.807, 2.05) is 30.3 Å². The molecule has 0 saturated carbocycles. The lowest BCUT2D eigenvalue weighted by molar-refractivity contribution is 0.0953. The standard InChI is InChI=1S/C20H21N5O3/c26-19(22-8-6-15-4-3-11-28-15)16-14-23-20(25-9-12-27-13-10-25)24-18(16)17-5-1-2-7-21-17/h1-5,7,11,14H,6,8-10,12-13H2,(H,22,26). The Labute approximate surface area is 162 Å². The van der Waals surface area contributed by atoms with Crippen LogP contribution in [0.4, 0.5) is 5.95 Å². The van der Waals surface area contributed by atoms with Gasteiger partial charge in [0.1, 0.15) is 11.5 Å². The molecular formula is C20H21N5O3. The third-order valence-electron chi connectivity index (χ3n) is 4.46. The van der Waals surface area contributed by atoms with Crippen LogP contribution in [0.3, 0.4) is 0 Å². The largest absolute Gasteiger partial charge is 0.469 e. The van der Waals surface area contributed by atoms with E-state index in [2.05, 4.69) is 25.2 Å². The van der Waals surface area contributed by atoms with Crippen molar-refractivity contribution in [1.82, 2.24) is 20.3 Å². The molecular weight excluding hydrogens is 358 g/mol. The summed E-state index contributed by atoms with van der Waals surface area (Å²) in [6.45, 7) is 3.17. The number of aromatic nitrogens is 3. The van der Waals surface area contributed by atoms with Crippen molar-refractivity contribution in [1.29, 1.82) is 0 Å². The normalized spacial score (nSPS) is 14.1. The summed E-state index contributed by atoms with van der Waals surface area (Å²) in [5.41, 5.74) is 1.55. The van der Waals surface area contributed by atoms with Gasteiger partial charge in [0, 0.05) is 38.4 Å². The predicted octanol–water partition coefficient (Wildman–Crippen LogP) is 1.94. The summed E-state index contributed by atoms with van der Waals surface area (Å²) in [5, 5.41) is 2.91. The predicted molar refractivity (Wildman–Crippen MR) is 103 cm³/mol. The van der Waals surface area contributed by atoms with Crippen LogP contribution in [0.15, 0.2) is 53.4 Å². The fourth-order valence-electron chi connectivity index (χ4n) is 3.00. The molecule has 0 atom stereocenters. The van der Waals surface area contributed by atoms with Gasteiger partial charge >= 0.3 is 0 Å². The summed E-state index contributed by atoms with van der Waals surface area (Å²) < 4.78 is 10.7. The van der Waals surface area contributed by atoms with E-state index in [-0.39, 0.29) is 5.91 Å². The van der Waals surface area contributed by atoms with Crippen molar-refractivity contribution < 1.29 is 13.9 Å². The maximum atomic E-state index is 12.8. The first-order chi connectivity index (χ1) is 13.8. The molecule has 0 spiro atoms. The van der Waals surface area contributed by atoms with Gasteiger partial charge in [-0.15, -0.1) is 0 Å². The number of ether oxygens (including phenoxy) is 1. The number of nitrogens with one attached hydrogen (secondary N) is 1. The van der Waals surface area contributed by atoms with Gasteiger partial charge in [-0.2, -0.15) is 0 Å². The van der Waals surface area contributed by atoms with Gasteiger partial charge in [0.15, 0.2) is 0 Å². The smallest absolute Gasteiger partial charge is 0.255 e. The van der Waals surface area contributed by atoms with Gasteiger partial charge in [0.25, 0.3) is 5.91 Å². The van der Waals surface area contributed by atoms with Crippen molar-refractivity contribution in [3.05, 3.63) is 60.3 Å². The molecule has 3 aromatic heterocycles. The first-order valence-corrected chi connectivity index (χ1v) is 9.23. The summed E-state index contributed by atoms with van der Waals surface area (Å²) in [5.74, 6) is 1.17. The van der Waals surface area contributed by atoms with E-state index < -0.39 is 0 Å². The molecule has 1 N–H and O–H groups in total. The summed E-state index contributed by atoms with van der Waals surface area (Å²) in [6.07, 6.45) is 5.49. The number of morpholine rings is 1. The second-order valence-electron chi connectivity index (χ2n) is 6.33. The highest BCUT2D eigenvalue weighted by Gasteiger charge is 2.20. The number of rotatable bonds is 6. The molecule has 0 unspecified atom stereocenters. The van der Waals surface area contributed by atoms with Crippen LogP contribution in [0.5, 0.6) is 0 Å². The van der Waals surface area contributed by atoms with E-state index in [4.69, 9.17) is 9.15 Å². The van der Waals surface area contributed by atoms with Crippen molar-refractivity contribution >= 4 is 11.9 Å². The molecule has 0 radical (unpaired) electrons. The van der Waals surface area contributed by atoms with E-state index in [1.54, 1.807) is 18.7 Å². The van der Waals surface area contributed by atoms with Gasteiger partial charge in [-0.25, -0.2) is 9.97 Å². The first kappa shape index (κ1) is 18.1. The van der Waals surface area contributed by atoms with E-state index in [1.165, 1.54) is 0 Å². The Morgan fingerprint density at radius 3 is 2.79 bits per heavy atom. The average Bonchev–Trinajstić information content (AvgIpc) is 3.28. The molecule has 1 saturated heterocycles. The minimum Gasteiger partial charge on any atom is -0.469 e. The quantitative estimate of drug-likeness (QED) is 0.699. The highest BCUT2D eigenvalue weighted by Crippen LogP contribution is 2.22. The number of hydrogen-bond acceptors (Lipinski definition) is 7. The summed E-state index contributed by atoms with van der Waals surface area (Å²) >= 11 is 0. The number of furan rings is 1. The van der Waals surface area contributed by atoms with Gasteiger partial charge in [0.05, 0.1) is 30.7 Å². The van der Waals surface area contributed by atoms with Gasteiger partial charge in [-0.1, -0.05) is 6.07 Å². The fraction of sp³-hybridized carbons (Fsp3) is 0.300. The molecule has 28 heavy (non-hydrogen) atoms. The van der Waals surface area contributed by atoms with Crippen molar-refractivity contribution in [3.63, 3.8) is 0 Å². The Morgan fingerprint density at radius 1 is 1.14 bits per heavy atom. The van der Waals surface area contributed by atoms with E-state index in [9.17, 15) is 4.79 Å². The number of pyridine rings is 1. The molecule has 3 aromatic rings. The van der Waals surface area contributed by atoms with Crippen LogP contribution in [-0.4, -0.2) is 53.7 Å². The zero-order valence-electron chi connectivity index (χ0n) is 15.4. The molecule has 144 valence electrons. The number of nitrogens with zero attached hydrogens (tertiary/aromatic N) is 4. The fourth-order valence-corrected chi connectivity index (χ4v) is 3.00. The van der Waals surface area contributed by atoms with Gasteiger partial charge < -0.3 is 19.4 Å². The van der Waals surface area contributed by atoms with Crippen LogP contribution in [0, 0.1) is 0 Å². The number of carbonyl (C=O) groups is 1. The Bertz CT molecular complexity index is 909. The lowest BCUT2D eigenvalue weighted by atomic mass is 10.1. The van der Waals surface area contributed by atoms with Crippen molar-refractivity contribution in [3.8, 4) is 11.4 Å². The van der Waals surface area contributed by atoms with Crippen LogP contribution in [-0.2, 0) is 11.2 Å². The summed E-state index contributed by atoms with van der Waals surface area (Å²) in [6, 6.07) is 9.25. The monoisotopic (exact) mass is 379 g/mol. The third-order valence-corrected chi connectivity index (χ3v) is 4.46. The topological polar surface area (TPSA) is 93.4 Å². The Hall–Kier alpha value is -3.26. The lowest BCUT2D eigenvalue weighted by Crippen LogP contribution is -2.37. The summed E-state index contributed by atoms with van der Waals surface area (Å²) in [7, 11) is 0. The second-order valence-corrected chi connectivity index (χ2v) is 6.33. The Morgan fingerprint density at radius 2 is 2.04 bits per heavy atom. The lowest BCUT2D eigenvalue weighted by Gasteiger charge is -2.27. The van der Waals surface area contributed by atoms with Crippen molar-refractivity contribution in [2.75, 3.05) is 37.7 Å². The van der Waals surface area contributed by atoms with E-state index in [0.717, 1.165) is 18.8 Å². The van der Waals surface area contributed by atoms with Crippen LogP contribution in [0.25, 0.3) is 11.4 Å². The van der Waals surface area contributed by atoms with Gasteiger partial charge in [-0.05, 0) is 24.3 Å². The summed E-state index contributed by atoms with van der Waals surface area (Å²) in [4.78, 5) is 28.3. The van der Waals surface area contributed by atoms with Crippen molar-refractivity contribution in [2.45, 2.75) is 6.42 Å². The molecule has 1 amide bonds. The van der Waals surface area contributed by atoms with Gasteiger partial charge in [0.2, 0.25) is 5.95 Å². The maximum absolute atomic E-state index is 12.8. The molecule has 4 rings (SSSR count). The first-order valence-electron chi connectivity index (χ1n) is 9.23. The molecule has 0 aliphatic carbocycles. The number of carbonyl (C=O) groups excluding carboxylic acids is 1. The zero-order chi connectivity index (χ0) is 19.2. The maximum Gasteiger partial charge on any atom is 0.255 e. The SMILES string of the molecule is O=C(NCCc1ccco1)c1cnc(N2CCOCC2)nc1-c1ccccn1. The molecule has 1 aliphatic heterocycles. The van der Waals surface area contributed by atoms with Gasteiger partial charge in [-0.3, -0.25) is 9.78 Å². The van der Waals surface area contributed by atoms with Crippen LogP contribution < -0.4 is 10.2 Å². The second kappa shape index (κ2) is 8.62. The molecule has 8 nitrogen and oxygen atoms in total. The molecule has 1 fully saturated rings. The highest BCUT2D eigenvalue weighted by molar-refractivity contribution is 5.99. The molecule has 4 heterocycles. The van der Waals surface area contributed by atoms with E-state index >= 15 is 0 Å². The minimum atomic E-state index is -0.235. The van der Waals surface area contributed by atoms with Crippen LogP contribution >= 0.6 is 0 Å². The van der Waals surface area contributed by atoms with E-state index in [0.29, 0.717) is 49.1 Å². The molecule has 1 aliphatic rings. The minimum absolute atomic E-state index is 0.235. The van der Waals surface area contributed by atoms with Crippen LogP contribution in [0.1, 0.15) is 16.1 Å². The third kappa shape index (κ3) is 4.17. The Balaban J connectivity index is 1.57. The number of hydrogen-bond donors (Lipinski definition) is 1. The zero-order valence-corrected chi connectivity index (χ0v) is 15.4. The molecule has 0 bridgehead atoms. The Kier molecular flexibility index (Phi) is 5.58. The highest BCUT2D eigenvalue weighted by atomic mass is 16.5. The van der Waals surface area contributed by atoms with Crippen LogP contribution in [0.2, 0.25) is 0 Å². The number of anilines is 1. The van der Waals surface area contributed by atoms with Crippen molar-refractivity contribution in [2.24, 2.45) is 0 Å². The molecule has 8 heteroatoms.